The molecule has 0 aliphatic carbocycles. The lowest BCUT2D eigenvalue weighted by Crippen LogP contribution is -2.28. The molecule has 0 bridgehead atoms. The summed E-state index contributed by atoms with van der Waals surface area (Å²) in [5, 5.41) is 20.8. The fourth-order valence-electron chi connectivity index (χ4n) is 4.19. The van der Waals surface area contributed by atoms with Gasteiger partial charge < -0.3 is 0 Å². The van der Waals surface area contributed by atoms with Crippen LogP contribution in [-0.4, -0.2) is 21.4 Å². The van der Waals surface area contributed by atoms with Gasteiger partial charge in [-0.15, -0.1) is 11.3 Å². The molecule has 0 spiro atoms. The van der Waals surface area contributed by atoms with Crippen molar-refractivity contribution < 1.29 is 4.92 Å². The van der Waals surface area contributed by atoms with Crippen molar-refractivity contribution in [3.63, 3.8) is 0 Å². The van der Waals surface area contributed by atoms with Crippen LogP contribution in [0.5, 0.6) is 0 Å². The molecule has 0 saturated heterocycles. The molecule has 4 rings (SSSR count). The van der Waals surface area contributed by atoms with Crippen molar-refractivity contribution in [2.24, 2.45) is 0 Å². The number of non-ortho nitro benzene ring substituents is 1. The first kappa shape index (κ1) is 23.3. The highest BCUT2D eigenvalue weighted by atomic mass is 32.1. The van der Waals surface area contributed by atoms with Gasteiger partial charge in [0.05, 0.1) is 28.1 Å². The molecule has 0 aliphatic rings. The molecular weight excluding hydrogens is 444 g/mol. The summed E-state index contributed by atoms with van der Waals surface area (Å²) in [6.45, 7) is 5.54. The molecule has 7 heteroatoms. The van der Waals surface area contributed by atoms with E-state index in [1.807, 2.05) is 54.2 Å². The maximum atomic E-state index is 11.0. The third kappa shape index (κ3) is 4.88. The monoisotopic (exact) mass is 468 g/mol. The summed E-state index contributed by atoms with van der Waals surface area (Å²) >= 11 is 1.59. The molecule has 4 aromatic rings. The standard InChI is InChI=1S/C27H24N4O2S/c1-3-30(17-20-8-12-23(13-9-20)31(32)33)27(26-16-29-18-34-26)21-10-11-22(15-28)25(14-21)24-7-5-4-6-19(24)2/h4-14,16,18,27H,3,17H2,1-2H3. The Morgan fingerprint density at radius 2 is 1.88 bits per heavy atom. The lowest BCUT2D eigenvalue weighted by atomic mass is 9.92. The molecule has 1 unspecified atom stereocenters. The van der Waals surface area contributed by atoms with E-state index >= 15 is 0 Å². The number of hydrogen-bond donors (Lipinski definition) is 0. The van der Waals surface area contributed by atoms with Crippen molar-refractivity contribution in [1.29, 1.82) is 5.26 Å². The average molecular weight is 469 g/mol. The molecule has 6 nitrogen and oxygen atoms in total. The maximum Gasteiger partial charge on any atom is 0.269 e. The van der Waals surface area contributed by atoms with E-state index in [9.17, 15) is 15.4 Å². The van der Waals surface area contributed by atoms with Gasteiger partial charge in [0.2, 0.25) is 0 Å². The molecule has 0 radical (unpaired) electrons. The van der Waals surface area contributed by atoms with Crippen LogP contribution in [0, 0.1) is 28.4 Å². The van der Waals surface area contributed by atoms with Crippen molar-refractivity contribution in [3.05, 3.63) is 116 Å². The number of nitro benzene ring substituents is 1. The molecule has 0 aliphatic heterocycles. The summed E-state index contributed by atoms with van der Waals surface area (Å²) in [6.07, 6.45) is 1.89. The van der Waals surface area contributed by atoms with Crippen molar-refractivity contribution in [2.45, 2.75) is 26.4 Å². The van der Waals surface area contributed by atoms with Crippen LogP contribution in [0.25, 0.3) is 11.1 Å². The Balaban J connectivity index is 1.77. The number of aromatic nitrogens is 1. The molecule has 1 heterocycles. The summed E-state index contributed by atoms with van der Waals surface area (Å²) in [6, 6.07) is 23.1. The normalized spacial score (nSPS) is 11.8. The van der Waals surface area contributed by atoms with Gasteiger partial charge in [0, 0.05) is 35.3 Å². The highest BCUT2D eigenvalue weighted by Gasteiger charge is 2.24. The predicted molar refractivity (Wildman–Crippen MR) is 134 cm³/mol. The molecule has 170 valence electrons. The maximum absolute atomic E-state index is 11.0. The Morgan fingerprint density at radius 1 is 1.12 bits per heavy atom. The second-order valence-corrected chi connectivity index (χ2v) is 8.94. The zero-order valence-electron chi connectivity index (χ0n) is 19.0. The summed E-state index contributed by atoms with van der Waals surface area (Å²) in [5.74, 6) is 0. The molecule has 1 aromatic heterocycles. The minimum Gasteiger partial charge on any atom is -0.288 e. The number of rotatable bonds is 8. The molecule has 3 aromatic carbocycles. The van der Waals surface area contributed by atoms with Crippen LogP contribution in [0.1, 0.15) is 40.1 Å². The number of nitrogens with zero attached hydrogens (tertiary/aromatic N) is 4. The summed E-state index contributed by atoms with van der Waals surface area (Å²) in [5.41, 5.74) is 7.69. The van der Waals surface area contributed by atoms with Crippen LogP contribution in [0.3, 0.4) is 0 Å². The SMILES string of the molecule is CCN(Cc1ccc([N+](=O)[O-])cc1)C(c1ccc(C#N)c(-c2ccccc2C)c1)c1cncs1. The Morgan fingerprint density at radius 3 is 2.50 bits per heavy atom. The van der Waals surface area contributed by atoms with E-state index < -0.39 is 0 Å². The van der Waals surface area contributed by atoms with Crippen LogP contribution in [0.4, 0.5) is 5.69 Å². The Hall–Kier alpha value is -3.86. The quantitative estimate of drug-likeness (QED) is 0.217. The van der Waals surface area contributed by atoms with Gasteiger partial charge in [-0.05, 0) is 47.9 Å². The summed E-state index contributed by atoms with van der Waals surface area (Å²) in [4.78, 5) is 18.4. The number of nitro groups is 1. The van der Waals surface area contributed by atoms with E-state index in [2.05, 4.69) is 41.9 Å². The van der Waals surface area contributed by atoms with E-state index in [1.165, 1.54) is 0 Å². The molecular formula is C27H24N4O2S. The van der Waals surface area contributed by atoms with Crippen molar-refractivity contribution >= 4 is 17.0 Å². The van der Waals surface area contributed by atoms with Crippen LogP contribution in [-0.2, 0) is 6.54 Å². The molecule has 34 heavy (non-hydrogen) atoms. The first-order valence-electron chi connectivity index (χ1n) is 11.0. The molecule has 0 fully saturated rings. The van der Waals surface area contributed by atoms with E-state index in [0.717, 1.165) is 39.2 Å². The van der Waals surface area contributed by atoms with Crippen LogP contribution in [0.2, 0.25) is 0 Å². The molecule has 0 saturated carbocycles. The Bertz CT molecular complexity index is 1330. The average Bonchev–Trinajstić information content (AvgIpc) is 3.38. The Labute approximate surface area is 202 Å². The number of hydrogen-bond acceptors (Lipinski definition) is 6. The van der Waals surface area contributed by atoms with Gasteiger partial charge >= 0.3 is 0 Å². The zero-order chi connectivity index (χ0) is 24.1. The van der Waals surface area contributed by atoms with Crippen LogP contribution >= 0.6 is 11.3 Å². The zero-order valence-corrected chi connectivity index (χ0v) is 19.8. The van der Waals surface area contributed by atoms with Crippen molar-refractivity contribution in [1.82, 2.24) is 9.88 Å². The number of aryl methyl sites for hydroxylation is 1. The fraction of sp³-hybridized carbons (Fsp3) is 0.185. The van der Waals surface area contributed by atoms with Crippen molar-refractivity contribution in [2.75, 3.05) is 6.54 Å². The van der Waals surface area contributed by atoms with Gasteiger partial charge in [-0.25, -0.2) is 0 Å². The number of benzene rings is 3. The fourth-order valence-corrected chi connectivity index (χ4v) is 4.97. The molecule has 1 atom stereocenters. The third-order valence-corrected chi connectivity index (χ3v) is 6.77. The lowest BCUT2D eigenvalue weighted by Gasteiger charge is -2.31. The minimum absolute atomic E-state index is 0.0665. The van der Waals surface area contributed by atoms with Gasteiger partial charge in [-0.1, -0.05) is 49.4 Å². The van der Waals surface area contributed by atoms with Crippen LogP contribution in [0.15, 0.2) is 78.4 Å². The van der Waals surface area contributed by atoms with E-state index in [4.69, 9.17) is 0 Å². The second-order valence-electron chi connectivity index (χ2n) is 8.02. The lowest BCUT2D eigenvalue weighted by molar-refractivity contribution is -0.384. The summed E-state index contributed by atoms with van der Waals surface area (Å²) in [7, 11) is 0. The van der Waals surface area contributed by atoms with Gasteiger partial charge in [0.25, 0.3) is 5.69 Å². The smallest absolute Gasteiger partial charge is 0.269 e. The first-order valence-corrected chi connectivity index (χ1v) is 11.9. The van der Waals surface area contributed by atoms with E-state index in [1.54, 1.807) is 23.5 Å². The highest BCUT2D eigenvalue weighted by molar-refractivity contribution is 7.09. The van der Waals surface area contributed by atoms with Gasteiger partial charge in [0.15, 0.2) is 0 Å². The Kier molecular flexibility index (Phi) is 7.12. The highest BCUT2D eigenvalue weighted by Crippen LogP contribution is 2.36. The molecule has 0 N–H and O–H groups in total. The van der Waals surface area contributed by atoms with Gasteiger partial charge in [-0.3, -0.25) is 20.0 Å². The topological polar surface area (TPSA) is 83.1 Å². The minimum atomic E-state index is -0.384. The van der Waals surface area contributed by atoms with Gasteiger partial charge in [0.1, 0.15) is 0 Å². The van der Waals surface area contributed by atoms with Crippen molar-refractivity contribution in [3.8, 4) is 17.2 Å². The number of thiazole rings is 1. The summed E-state index contributed by atoms with van der Waals surface area (Å²) < 4.78 is 0. The second kappa shape index (κ2) is 10.4. The first-order chi connectivity index (χ1) is 16.5. The van der Waals surface area contributed by atoms with E-state index in [0.29, 0.717) is 12.1 Å². The largest absolute Gasteiger partial charge is 0.288 e. The third-order valence-electron chi connectivity index (χ3n) is 5.94. The number of nitriles is 1. The predicted octanol–water partition coefficient (Wildman–Crippen LogP) is 6.51. The van der Waals surface area contributed by atoms with Crippen LogP contribution < -0.4 is 0 Å². The van der Waals surface area contributed by atoms with Gasteiger partial charge in [-0.2, -0.15) is 5.26 Å². The molecule has 0 amide bonds. The van der Waals surface area contributed by atoms with E-state index in [-0.39, 0.29) is 16.7 Å².